The Labute approximate surface area is 113 Å². The van der Waals surface area contributed by atoms with Crippen LogP contribution in [-0.4, -0.2) is 42.2 Å². The third-order valence-electron chi connectivity index (χ3n) is 2.10. The van der Waals surface area contributed by atoms with Crippen LogP contribution >= 0.6 is 11.6 Å². The molecule has 1 N–H and O–H groups in total. The number of nitrogens with one attached hydrogen (secondary N) is 1. The Hall–Kier alpha value is -1.07. The van der Waals surface area contributed by atoms with Gasteiger partial charge in [0.15, 0.2) is 0 Å². The molecule has 102 valence electrons. The molecule has 0 aromatic carbocycles. The van der Waals surface area contributed by atoms with Crippen molar-refractivity contribution < 1.29 is 9.47 Å². The van der Waals surface area contributed by atoms with Crippen LogP contribution in [0.1, 0.15) is 19.2 Å². The first kappa shape index (κ1) is 15.0. The summed E-state index contributed by atoms with van der Waals surface area (Å²) in [4.78, 5) is 8.47. The van der Waals surface area contributed by atoms with E-state index < -0.39 is 0 Å². The fourth-order valence-corrected chi connectivity index (χ4v) is 1.51. The quantitative estimate of drug-likeness (QED) is 0.552. The van der Waals surface area contributed by atoms with Crippen molar-refractivity contribution in [3.8, 4) is 5.88 Å². The molecular formula is C12H20ClN3O2. The van der Waals surface area contributed by atoms with E-state index in [1.807, 2.05) is 13.8 Å². The molecule has 0 fully saturated rings. The normalized spacial score (nSPS) is 10.4. The molecule has 0 radical (unpaired) electrons. The Morgan fingerprint density at radius 2 is 2.17 bits per heavy atom. The van der Waals surface area contributed by atoms with Crippen LogP contribution in [0.25, 0.3) is 0 Å². The van der Waals surface area contributed by atoms with E-state index in [2.05, 4.69) is 15.3 Å². The lowest BCUT2D eigenvalue weighted by Crippen LogP contribution is -2.09. The van der Waals surface area contributed by atoms with E-state index >= 15 is 0 Å². The van der Waals surface area contributed by atoms with Crippen molar-refractivity contribution in [3.63, 3.8) is 0 Å². The van der Waals surface area contributed by atoms with E-state index in [0.717, 1.165) is 18.8 Å². The summed E-state index contributed by atoms with van der Waals surface area (Å²) in [6, 6.07) is 1.80. The van der Waals surface area contributed by atoms with E-state index in [4.69, 9.17) is 21.1 Å². The number of aromatic nitrogens is 2. The predicted molar refractivity (Wildman–Crippen MR) is 72.6 cm³/mol. The Bertz CT molecular complexity index is 350. The fraction of sp³-hybridized carbons (Fsp3) is 0.667. The number of hydrogen-bond acceptors (Lipinski definition) is 5. The number of halogens is 1. The van der Waals surface area contributed by atoms with E-state index in [1.54, 1.807) is 6.07 Å². The standard InChI is InChI=1S/C12H20ClN3O2/c1-3-18-12-9-11(15-10(2)16-12)14-6-4-7-17-8-5-13/h9H,3-8H2,1-2H3,(H,14,15,16). The van der Waals surface area contributed by atoms with Crippen LogP contribution < -0.4 is 10.1 Å². The molecule has 1 aromatic heterocycles. The number of rotatable bonds is 9. The zero-order valence-electron chi connectivity index (χ0n) is 10.9. The second kappa shape index (κ2) is 8.94. The Balaban J connectivity index is 2.32. The predicted octanol–water partition coefficient (Wildman–Crippen LogP) is 2.24. The van der Waals surface area contributed by atoms with Gasteiger partial charge in [-0.3, -0.25) is 0 Å². The molecule has 6 heteroatoms. The molecule has 0 atom stereocenters. The second-order valence-electron chi connectivity index (χ2n) is 3.65. The Morgan fingerprint density at radius 3 is 2.89 bits per heavy atom. The lowest BCUT2D eigenvalue weighted by atomic mass is 10.4. The lowest BCUT2D eigenvalue weighted by molar-refractivity contribution is 0.149. The number of anilines is 1. The summed E-state index contributed by atoms with van der Waals surface area (Å²) < 4.78 is 10.6. The van der Waals surface area contributed by atoms with Crippen molar-refractivity contribution in [2.24, 2.45) is 0 Å². The highest BCUT2D eigenvalue weighted by Crippen LogP contribution is 2.13. The van der Waals surface area contributed by atoms with Gasteiger partial charge >= 0.3 is 0 Å². The number of aryl methyl sites for hydroxylation is 1. The molecule has 1 rings (SSSR count). The fourth-order valence-electron chi connectivity index (χ4n) is 1.40. The molecule has 0 aliphatic heterocycles. The average molecular weight is 274 g/mol. The molecule has 5 nitrogen and oxygen atoms in total. The molecule has 18 heavy (non-hydrogen) atoms. The molecule has 0 unspecified atom stereocenters. The van der Waals surface area contributed by atoms with Crippen molar-refractivity contribution in [2.45, 2.75) is 20.3 Å². The van der Waals surface area contributed by atoms with Crippen molar-refractivity contribution in [3.05, 3.63) is 11.9 Å². The summed E-state index contributed by atoms with van der Waals surface area (Å²) in [6.07, 6.45) is 0.907. The van der Waals surface area contributed by atoms with Crippen molar-refractivity contribution in [1.29, 1.82) is 0 Å². The summed E-state index contributed by atoms with van der Waals surface area (Å²) in [5, 5.41) is 3.22. The van der Waals surface area contributed by atoms with Gasteiger partial charge in [0.05, 0.1) is 13.2 Å². The molecule has 0 aliphatic rings. The van der Waals surface area contributed by atoms with Gasteiger partial charge in [0.1, 0.15) is 11.6 Å². The summed E-state index contributed by atoms with van der Waals surface area (Å²) >= 11 is 5.50. The van der Waals surface area contributed by atoms with Gasteiger partial charge in [-0.05, 0) is 20.3 Å². The average Bonchev–Trinajstić information content (AvgIpc) is 2.33. The van der Waals surface area contributed by atoms with E-state index in [-0.39, 0.29) is 0 Å². The van der Waals surface area contributed by atoms with Crippen LogP contribution in [-0.2, 0) is 4.74 Å². The first-order chi connectivity index (χ1) is 8.76. The summed E-state index contributed by atoms with van der Waals surface area (Å²) in [5.41, 5.74) is 0. The summed E-state index contributed by atoms with van der Waals surface area (Å²) in [6.45, 7) is 6.47. The highest BCUT2D eigenvalue weighted by atomic mass is 35.5. The highest BCUT2D eigenvalue weighted by Gasteiger charge is 2.01. The maximum Gasteiger partial charge on any atom is 0.218 e. The third-order valence-corrected chi connectivity index (χ3v) is 2.25. The highest BCUT2D eigenvalue weighted by molar-refractivity contribution is 6.17. The molecule has 0 amide bonds. The minimum atomic E-state index is 0.538. The molecule has 0 aliphatic carbocycles. The minimum absolute atomic E-state index is 0.538. The minimum Gasteiger partial charge on any atom is -0.478 e. The van der Waals surface area contributed by atoms with Crippen molar-refractivity contribution in [2.75, 3.05) is 37.6 Å². The lowest BCUT2D eigenvalue weighted by Gasteiger charge is -2.08. The van der Waals surface area contributed by atoms with Gasteiger partial charge in [0.2, 0.25) is 5.88 Å². The van der Waals surface area contributed by atoms with E-state index in [9.17, 15) is 0 Å². The summed E-state index contributed by atoms with van der Waals surface area (Å²) in [5.74, 6) is 2.62. The SMILES string of the molecule is CCOc1cc(NCCCOCCCl)nc(C)n1. The molecule has 1 heterocycles. The van der Waals surface area contributed by atoms with Gasteiger partial charge in [-0.2, -0.15) is 4.98 Å². The Kier molecular flexibility index (Phi) is 7.44. The van der Waals surface area contributed by atoms with Crippen LogP contribution in [0.3, 0.4) is 0 Å². The van der Waals surface area contributed by atoms with Gasteiger partial charge in [0.25, 0.3) is 0 Å². The molecule has 0 saturated heterocycles. The van der Waals surface area contributed by atoms with Gasteiger partial charge in [-0.25, -0.2) is 4.98 Å². The first-order valence-electron chi connectivity index (χ1n) is 6.12. The number of hydrogen-bond donors (Lipinski definition) is 1. The van der Waals surface area contributed by atoms with Crippen LogP contribution in [0.15, 0.2) is 6.07 Å². The second-order valence-corrected chi connectivity index (χ2v) is 4.03. The molecule has 0 saturated carbocycles. The zero-order chi connectivity index (χ0) is 13.2. The largest absolute Gasteiger partial charge is 0.478 e. The third kappa shape index (κ3) is 6.02. The number of nitrogens with zero attached hydrogens (tertiary/aromatic N) is 2. The zero-order valence-corrected chi connectivity index (χ0v) is 11.7. The molecule has 0 spiro atoms. The van der Waals surface area contributed by atoms with Crippen molar-refractivity contribution >= 4 is 17.4 Å². The summed E-state index contributed by atoms with van der Waals surface area (Å²) in [7, 11) is 0. The van der Waals surface area contributed by atoms with Crippen LogP contribution in [0, 0.1) is 6.92 Å². The van der Waals surface area contributed by atoms with Crippen LogP contribution in [0.4, 0.5) is 5.82 Å². The first-order valence-corrected chi connectivity index (χ1v) is 6.65. The van der Waals surface area contributed by atoms with E-state index in [0.29, 0.717) is 37.4 Å². The van der Waals surface area contributed by atoms with E-state index in [1.165, 1.54) is 0 Å². The molecule has 1 aromatic rings. The van der Waals surface area contributed by atoms with Gasteiger partial charge in [0, 0.05) is 25.1 Å². The maximum atomic E-state index is 5.50. The number of ether oxygens (including phenoxy) is 2. The van der Waals surface area contributed by atoms with Crippen LogP contribution in [0.5, 0.6) is 5.88 Å². The maximum absolute atomic E-state index is 5.50. The van der Waals surface area contributed by atoms with Crippen LogP contribution in [0.2, 0.25) is 0 Å². The van der Waals surface area contributed by atoms with Gasteiger partial charge < -0.3 is 14.8 Å². The smallest absolute Gasteiger partial charge is 0.218 e. The topological polar surface area (TPSA) is 56.3 Å². The Morgan fingerprint density at radius 1 is 1.33 bits per heavy atom. The molecular weight excluding hydrogens is 254 g/mol. The number of alkyl halides is 1. The molecule has 0 bridgehead atoms. The van der Waals surface area contributed by atoms with Crippen molar-refractivity contribution in [1.82, 2.24) is 9.97 Å². The monoisotopic (exact) mass is 273 g/mol. The van der Waals surface area contributed by atoms with Gasteiger partial charge in [-0.1, -0.05) is 0 Å². The van der Waals surface area contributed by atoms with Gasteiger partial charge in [-0.15, -0.1) is 11.6 Å².